The van der Waals surface area contributed by atoms with E-state index < -0.39 is 0 Å². The van der Waals surface area contributed by atoms with Crippen molar-refractivity contribution in [1.29, 1.82) is 0 Å². The fraction of sp³-hybridized carbons (Fsp3) is 0.417. The van der Waals surface area contributed by atoms with Crippen molar-refractivity contribution >= 4 is 16.9 Å². The van der Waals surface area contributed by atoms with Gasteiger partial charge in [0.1, 0.15) is 5.82 Å². The van der Waals surface area contributed by atoms with Crippen LogP contribution in [0.2, 0.25) is 0 Å². The predicted octanol–water partition coefficient (Wildman–Crippen LogP) is 3.46. The highest BCUT2D eigenvalue weighted by Gasteiger charge is 2.26. The molecule has 1 aliphatic carbocycles. The van der Waals surface area contributed by atoms with Gasteiger partial charge >= 0.3 is 0 Å². The van der Waals surface area contributed by atoms with E-state index in [1.165, 1.54) is 30.4 Å². The van der Waals surface area contributed by atoms with Crippen molar-refractivity contribution in [3.63, 3.8) is 0 Å². The van der Waals surface area contributed by atoms with Crippen LogP contribution in [0.15, 0.2) is 42.5 Å². The first-order valence-corrected chi connectivity index (χ1v) is 10.7. The zero-order valence-corrected chi connectivity index (χ0v) is 17.0. The summed E-state index contributed by atoms with van der Waals surface area (Å²) < 4.78 is 2.04. The number of benzene rings is 2. The first-order chi connectivity index (χ1) is 14.2. The summed E-state index contributed by atoms with van der Waals surface area (Å²) in [5.41, 5.74) is 5.53. The molecule has 1 amide bonds. The maximum atomic E-state index is 12.8. The van der Waals surface area contributed by atoms with Crippen LogP contribution in [0.1, 0.15) is 46.6 Å². The van der Waals surface area contributed by atoms with E-state index in [1.807, 2.05) is 41.9 Å². The van der Waals surface area contributed by atoms with Gasteiger partial charge in [-0.15, -0.1) is 0 Å². The van der Waals surface area contributed by atoms with Crippen LogP contribution in [0, 0.1) is 0 Å². The fourth-order valence-corrected chi connectivity index (χ4v) is 4.62. The number of rotatable bonds is 4. The molecule has 0 spiro atoms. The number of hydrogen-bond acceptors (Lipinski definition) is 3. The average Bonchev–Trinajstić information content (AvgIpc) is 2.88. The summed E-state index contributed by atoms with van der Waals surface area (Å²) in [7, 11) is 1.99. The highest BCUT2D eigenvalue weighted by Crippen LogP contribution is 2.27. The van der Waals surface area contributed by atoms with E-state index in [-0.39, 0.29) is 5.91 Å². The third kappa shape index (κ3) is 3.55. The third-order valence-corrected chi connectivity index (χ3v) is 6.68. The normalized spacial score (nSPS) is 17.6. The van der Waals surface area contributed by atoms with Gasteiger partial charge in [-0.2, -0.15) is 0 Å². The maximum Gasteiger partial charge on any atom is 0.251 e. The number of nitrogens with one attached hydrogen (secondary N) is 1. The minimum Gasteiger partial charge on any atom is -0.345 e. The SMILES string of the molecule is Cn1c(CNC(=O)c2ccc3c(c2)CCN(C2CCC2)CC3)nc2ccccc21. The fourth-order valence-electron chi connectivity index (χ4n) is 4.62. The van der Waals surface area contributed by atoms with Crippen molar-refractivity contribution in [2.75, 3.05) is 13.1 Å². The summed E-state index contributed by atoms with van der Waals surface area (Å²) in [6.07, 6.45) is 6.22. The second-order valence-electron chi connectivity index (χ2n) is 8.36. The van der Waals surface area contributed by atoms with Crippen LogP contribution < -0.4 is 5.32 Å². The Bertz CT molecular complexity index is 1050. The van der Waals surface area contributed by atoms with Gasteiger partial charge in [0.25, 0.3) is 5.91 Å². The number of carbonyl (C=O) groups is 1. The average molecular weight is 389 g/mol. The van der Waals surface area contributed by atoms with E-state index >= 15 is 0 Å². The molecule has 1 fully saturated rings. The summed E-state index contributed by atoms with van der Waals surface area (Å²) in [5, 5.41) is 3.05. The minimum atomic E-state index is -0.0278. The van der Waals surface area contributed by atoms with Gasteiger partial charge in [-0.25, -0.2) is 4.98 Å². The van der Waals surface area contributed by atoms with Crippen molar-refractivity contribution in [3.05, 3.63) is 65.0 Å². The smallest absolute Gasteiger partial charge is 0.251 e. The maximum absolute atomic E-state index is 12.8. The zero-order valence-electron chi connectivity index (χ0n) is 17.0. The third-order valence-electron chi connectivity index (χ3n) is 6.68. The van der Waals surface area contributed by atoms with E-state index in [0.29, 0.717) is 6.54 Å². The van der Waals surface area contributed by atoms with E-state index in [4.69, 9.17) is 0 Å². The first kappa shape index (κ1) is 18.4. The minimum absolute atomic E-state index is 0.0278. The Hall–Kier alpha value is -2.66. The molecule has 2 aliphatic rings. The molecule has 1 aliphatic heterocycles. The largest absolute Gasteiger partial charge is 0.345 e. The molecule has 0 saturated heterocycles. The monoisotopic (exact) mass is 388 g/mol. The second kappa shape index (κ2) is 7.64. The quantitative estimate of drug-likeness (QED) is 0.745. The number of aromatic nitrogens is 2. The molecule has 2 heterocycles. The van der Waals surface area contributed by atoms with Crippen molar-refractivity contribution in [2.45, 2.75) is 44.7 Å². The van der Waals surface area contributed by atoms with Gasteiger partial charge in [-0.1, -0.05) is 24.6 Å². The van der Waals surface area contributed by atoms with Crippen LogP contribution in [0.3, 0.4) is 0 Å². The number of amides is 1. The van der Waals surface area contributed by atoms with Crippen molar-refractivity contribution < 1.29 is 4.79 Å². The Kier molecular flexibility index (Phi) is 4.84. The Balaban J connectivity index is 1.27. The standard InChI is InChI=1S/C24H28N4O/c1-27-22-8-3-2-7-21(22)26-23(27)16-25-24(29)19-10-9-17-11-13-28(20-5-4-6-20)14-12-18(17)15-19/h2-3,7-10,15,20H,4-6,11-14,16H2,1H3,(H,25,29). The molecule has 3 aromatic rings. The van der Waals surface area contributed by atoms with Gasteiger partial charge in [0.2, 0.25) is 0 Å². The summed E-state index contributed by atoms with van der Waals surface area (Å²) in [5.74, 6) is 0.838. The first-order valence-electron chi connectivity index (χ1n) is 10.7. The molecule has 5 heteroatoms. The van der Waals surface area contributed by atoms with Gasteiger partial charge in [-0.05, 0) is 61.1 Å². The highest BCUT2D eigenvalue weighted by molar-refractivity contribution is 5.94. The number of fused-ring (bicyclic) bond motifs is 2. The number of para-hydroxylation sites is 2. The predicted molar refractivity (Wildman–Crippen MR) is 115 cm³/mol. The molecular weight excluding hydrogens is 360 g/mol. The van der Waals surface area contributed by atoms with E-state index in [1.54, 1.807) is 0 Å². The summed E-state index contributed by atoms with van der Waals surface area (Å²) in [4.78, 5) is 20.1. The molecule has 150 valence electrons. The topological polar surface area (TPSA) is 50.2 Å². The van der Waals surface area contributed by atoms with Gasteiger partial charge in [-0.3, -0.25) is 9.69 Å². The van der Waals surface area contributed by atoms with Crippen LogP contribution >= 0.6 is 0 Å². The summed E-state index contributed by atoms with van der Waals surface area (Å²) in [6, 6.07) is 15.1. The van der Waals surface area contributed by atoms with Crippen LogP contribution in [0.4, 0.5) is 0 Å². The van der Waals surface area contributed by atoms with Gasteiger partial charge < -0.3 is 9.88 Å². The lowest BCUT2D eigenvalue weighted by Crippen LogP contribution is -2.41. The Morgan fingerprint density at radius 2 is 1.90 bits per heavy atom. The molecule has 29 heavy (non-hydrogen) atoms. The summed E-state index contributed by atoms with van der Waals surface area (Å²) >= 11 is 0. The molecule has 2 aromatic carbocycles. The molecule has 0 unspecified atom stereocenters. The number of nitrogens with zero attached hydrogens (tertiary/aromatic N) is 3. The Morgan fingerprint density at radius 3 is 2.66 bits per heavy atom. The second-order valence-corrected chi connectivity index (χ2v) is 8.36. The molecular formula is C24H28N4O. The molecule has 1 saturated carbocycles. The van der Waals surface area contributed by atoms with E-state index in [0.717, 1.165) is 54.4 Å². The van der Waals surface area contributed by atoms with Gasteiger partial charge in [0.05, 0.1) is 17.6 Å². The lowest BCUT2D eigenvalue weighted by Gasteiger charge is -2.36. The number of imidazole rings is 1. The van der Waals surface area contributed by atoms with Crippen molar-refractivity contribution in [2.24, 2.45) is 7.05 Å². The molecule has 0 radical (unpaired) electrons. The van der Waals surface area contributed by atoms with E-state index in [2.05, 4.69) is 27.3 Å². The Labute approximate surface area is 171 Å². The molecule has 0 bridgehead atoms. The molecule has 0 atom stereocenters. The number of carbonyl (C=O) groups excluding carboxylic acids is 1. The highest BCUT2D eigenvalue weighted by atomic mass is 16.1. The lowest BCUT2D eigenvalue weighted by atomic mass is 9.91. The molecule has 5 rings (SSSR count). The molecule has 5 nitrogen and oxygen atoms in total. The van der Waals surface area contributed by atoms with Crippen LogP contribution in [0.5, 0.6) is 0 Å². The van der Waals surface area contributed by atoms with Crippen LogP contribution in [-0.2, 0) is 26.4 Å². The number of hydrogen-bond donors (Lipinski definition) is 1. The van der Waals surface area contributed by atoms with Crippen molar-refractivity contribution in [3.8, 4) is 0 Å². The number of aryl methyl sites for hydroxylation is 1. The molecule has 1 N–H and O–H groups in total. The zero-order chi connectivity index (χ0) is 19.8. The van der Waals surface area contributed by atoms with Gasteiger partial charge in [0, 0.05) is 31.7 Å². The van der Waals surface area contributed by atoms with Gasteiger partial charge in [0.15, 0.2) is 0 Å². The Morgan fingerprint density at radius 1 is 1.10 bits per heavy atom. The summed E-state index contributed by atoms with van der Waals surface area (Å²) in [6.45, 7) is 2.69. The van der Waals surface area contributed by atoms with Crippen molar-refractivity contribution in [1.82, 2.24) is 19.8 Å². The molecule has 1 aromatic heterocycles. The van der Waals surface area contributed by atoms with Crippen LogP contribution in [0.25, 0.3) is 11.0 Å². The van der Waals surface area contributed by atoms with Crippen LogP contribution in [-0.4, -0.2) is 39.5 Å². The van der Waals surface area contributed by atoms with E-state index in [9.17, 15) is 4.79 Å². The lowest BCUT2D eigenvalue weighted by molar-refractivity contribution is 0.0949.